The molecular weight excluding hydrogens is 438 g/mol. The molecule has 2 saturated heterocycles. The molecule has 0 radical (unpaired) electrons. The Morgan fingerprint density at radius 1 is 1.00 bits per heavy atom. The topological polar surface area (TPSA) is 71.9 Å². The van der Waals surface area contributed by atoms with E-state index in [4.69, 9.17) is 4.74 Å². The van der Waals surface area contributed by atoms with Gasteiger partial charge >= 0.3 is 0 Å². The molecule has 2 aromatic rings. The van der Waals surface area contributed by atoms with Crippen molar-refractivity contribution in [3.8, 4) is 11.1 Å². The SMILES string of the molecule is CCCS(=O)(=O)N1C[C@H]2C[C@H](C1)c1ccc(-c3ccccc3CN3CCOCC3)c(=O)n1C2. The fourth-order valence-electron chi connectivity index (χ4n) is 5.64. The average molecular weight is 472 g/mol. The Labute approximate surface area is 196 Å². The standard InChI is InChI=1S/C25H33N3O4S/c1-2-13-33(30,31)27-15-19-14-21(18-27)24-8-7-23(25(29)28(24)16-19)22-6-4-3-5-20(22)17-26-9-11-32-12-10-26/h3-8,19,21H,2,9-18H2,1H3/t19-,21-/m1/s1. The second-order valence-corrected chi connectivity index (χ2v) is 11.7. The maximum Gasteiger partial charge on any atom is 0.258 e. The molecule has 1 aromatic heterocycles. The van der Waals surface area contributed by atoms with E-state index in [-0.39, 0.29) is 23.1 Å². The van der Waals surface area contributed by atoms with Crippen molar-refractivity contribution in [2.45, 2.75) is 38.8 Å². The first-order valence-electron chi connectivity index (χ1n) is 12.1. The van der Waals surface area contributed by atoms with Crippen LogP contribution in [0.15, 0.2) is 41.2 Å². The van der Waals surface area contributed by atoms with Crippen LogP contribution >= 0.6 is 0 Å². The maximum absolute atomic E-state index is 13.7. The van der Waals surface area contributed by atoms with Crippen LogP contribution in [0, 0.1) is 5.92 Å². The molecule has 2 fully saturated rings. The van der Waals surface area contributed by atoms with Gasteiger partial charge in [-0.25, -0.2) is 12.7 Å². The van der Waals surface area contributed by atoms with Crippen molar-refractivity contribution in [3.05, 3.63) is 58.0 Å². The molecule has 0 unspecified atom stereocenters. The van der Waals surface area contributed by atoms with Gasteiger partial charge in [0.05, 0.1) is 19.0 Å². The number of hydrogen-bond acceptors (Lipinski definition) is 5. The number of rotatable bonds is 6. The van der Waals surface area contributed by atoms with Crippen LogP contribution in [0.2, 0.25) is 0 Å². The fourth-order valence-corrected chi connectivity index (χ4v) is 7.26. The van der Waals surface area contributed by atoms with Crippen LogP contribution in [-0.4, -0.2) is 67.3 Å². The Kier molecular flexibility index (Phi) is 6.44. The molecule has 2 bridgehead atoms. The smallest absolute Gasteiger partial charge is 0.258 e. The number of ether oxygens (including phenoxy) is 1. The summed E-state index contributed by atoms with van der Waals surface area (Å²) in [6.07, 6.45) is 1.57. The molecule has 0 amide bonds. The first-order chi connectivity index (χ1) is 16.0. The summed E-state index contributed by atoms with van der Waals surface area (Å²) >= 11 is 0. The first kappa shape index (κ1) is 22.8. The number of sulfonamides is 1. The summed E-state index contributed by atoms with van der Waals surface area (Å²) < 4.78 is 34.4. The number of nitrogens with zero attached hydrogens (tertiary/aromatic N) is 3. The van der Waals surface area contributed by atoms with Gasteiger partial charge in [-0.2, -0.15) is 0 Å². The number of piperidine rings is 1. The molecule has 0 spiro atoms. The van der Waals surface area contributed by atoms with Crippen molar-refractivity contribution >= 4 is 10.0 Å². The van der Waals surface area contributed by atoms with Gasteiger partial charge in [-0.1, -0.05) is 31.2 Å². The van der Waals surface area contributed by atoms with Gasteiger partial charge in [0.25, 0.3) is 5.56 Å². The van der Waals surface area contributed by atoms with Crippen LogP contribution in [-0.2, 0) is 27.8 Å². The predicted octanol–water partition coefficient (Wildman–Crippen LogP) is 2.51. The lowest BCUT2D eigenvalue weighted by molar-refractivity contribution is 0.0342. The van der Waals surface area contributed by atoms with E-state index in [2.05, 4.69) is 17.0 Å². The summed E-state index contributed by atoms with van der Waals surface area (Å²) in [6.45, 7) is 7.58. The van der Waals surface area contributed by atoms with Crippen LogP contribution in [0.4, 0.5) is 0 Å². The molecule has 0 N–H and O–H groups in total. The van der Waals surface area contributed by atoms with Gasteiger partial charge in [0.1, 0.15) is 0 Å². The zero-order valence-electron chi connectivity index (χ0n) is 19.3. The largest absolute Gasteiger partial charge is 0.379 e. The number of aromatic nitrogens is 1. The summed E-state index contributed by atoms with van der Waals surface area (Å²) in [5.74, 6) is 0.451. The van der Waals surface area contributed by atoms with Gasteiger partial charge in [-0.15, -0.1) is 0 Å². The molecule has 33 heavy (non-hydrogen) atoms. The highest BCUT2D eigenvalue weighted by atomic mass is 32.2. The molecule has 8 heteroatoms. The van der Waals surface area contributed by atoms with E-state index in [0.29, 0.717) is 26.1 Å². The van der Waals surface area contributed by atoms with E-state index in [9.17, 15) is 13.2 Å². The fraction of sp³-hybridized carbons (Fsp3) is 0.560. The Balaban J connectivity index is 1.46. The molecule has 2 atom stereocenters. The van der Waals surface area contributed by atoms with Crippen LogP contribution in [0.5, 0.6) is 0 Å². The van der Waals surface area contributed by atoms with E-state index >= 15 is 0 Å². The van der Waals surface area contributed by atoms with Crippen molar-refractivity contribution in [1.82, 2.24) is 13.8 Å². The second kappa shape index (κ2) is 9.33. The van der Waals surface area contributed by atoms with E-state index < -0.39 is 10.0 Å². The van der Waals surface area contributed by atoms with Crippen molar-refractivity contribution in [2.24, 2.45) is 5.92 Å². The number of morpholine rings is 1. The van der Waals surface area contributed by atoms with E-state index in [1.165, 1.54) is 0 Å². The number of benzene rings is 1. The second-order valence-electron chi connectivity index (χ2n) is 9.56. The van der Waals surface area contributed by atoms with E-state index in [1.807, 2.05) is 35.8 Å². The minimum atomic E-state index is -3.23. The van der Waals surface area contributed by atoms with Gasteiger partial charge in [-0.3, -0.25) is 9.69 Å². The zero-order valence-corrected chi connectivity index (χ0v) is 20.1. The first-order valence-corrected chi connectivity index (χ1v) is 13.7. The molecule has 178 valence electrons. The highest BCUT2D eigenvalue weighted by Crippen LogP contribution is 2.37. The quantitative estimate of drug-likeness (QED) is 0.647. The van der Waals surface area contributed by atoms with Crippen LogP contribution < -0.4 is 5.56 Å². The normalized spacial score (nSPS) is 23.9. The number of pyridine rings is 1. The molecule has 4 heterocycles. The van der Waals surface area contributed by atoms with Crippen molar-refractivity contribution < 1.29 is 13.2 Å². The third-order valence-electron chi connectivity index (χ3n) is 7.23. The van der Waals surface area contributed by atoms with E-state index in [1.54, 1.807) is 4.31 Å². The molecule has 3 aliphatic rings. The highest BCUT2D eigenvalue weighted by Gasteiger charge is 2.39. The Hall–Kier alpha value is -2.00. The van der Waals surface area contributed by atoms with Crippen LogP contribution in [0.25, 0.3) is 11.1 Å². The minimum Gasteiger partial charge on any atom is -0.379 e. The average Bonchev–Trinajstić information content (AvgIpc) is 2.81. The molecule has 0 saturated carbocycles. The third kappa shape index (κ3) is 4.54. The lowest BCUT2D eigenvalue weighted by Crippen LogP contribution is -2.49. The molecular formula is C25H33N3O4S. The van der Waals surface area contributed by atoms with Crippen LogP contribution in [0.1, 0.15) is 36.9 Å². The van der Waals surface area contributed by atoms with Crippen LogP contribution in [0.3, 0.4) is 0 Å². The minimum absolute atomic E-state index is 0.0430. The van der Waals surface area contributed by atoms with Gasteiger partial charge in [0.2, 0.25) is 10.0 Å². The molecule has 5 rings (SSSR count). The summed E-state index contributed by atoms with van der Waals surface area (Å²) in [5, 5.41) is 0. The summed E-state index contributed by atoms with van der Waals surface area (Å²) in [6, 6.07) is 12.2. The zero-order chi connectivity index (χ0) is 23.0. The Morgan fingerprint density at radius 2 is 1.79 bits per heavy atom. The lowest BCUT2D eigenvalue weighted by Gasteiger charge is -2.42. The van der Waals surface area contributed by atoms with Crippen molar-refractivity contribution in [2.75, 3.05) is 45.1 Å². The summed E-state index contributed by atoms with van der Waals surface area (Å²) in [4.78, 5) is 16.0. The van der Waals surface area contributed by atoms with Crippen molar-refractivity contribution in [1.29, 1.82) is 0 Å². The van der Waals surface area contributed by atoms with Crippen molar-refractivity contribution in [3.63, 3.8) is 0 Å². The number of fused-ring (bicyclic) bond motifs is 4. The lowest BCUT2D eigenvalue weighted by atomic mass is 9.83. The third-order valence-corrected chi connectivity index (χ3v) is 9.24. The Morgan fingerprint density at radius 3 is 2.58 bits per heavy atom. The molecule has 3 aliphatic heterocycles. The monoisotopic (exact) mass is 471 g/mol. The van der Waals surface area contributed by atoms with Gasteiger partial charge < -0.3 is 9.30 Å². The van der Waals surface area contributed by atoms with Gasteiger partial charge in [0.15, 0.2) is 0 Å². The molecule has 7 nitrogen and oxygen atoms in total. The summed E-state index contributed by atoms with van der Waals surface area (Å²) in [5.41, 5.74) is 3.90. The summed E-state index contributed by atoms with van der Waals surface area (Å²) in [7, 11) is -3.23. The maximum atomic E-state index is 13.7. The van der Waals surface area contributed by atoms with E-state index in [0.717, 1.165) is 61.7 Å². The predicted molar refractivity (Wildman–Crippen MR) is 129 cm³/mol. The molecule has 0 aliphatic carbocycles. The van der Waals surface area contributed by atoms with Gasteiger partial charge in [0, 0.05) is 56.4 Å². The highest BCUT2D eigenvalue weighted by molar-refractivity contribution is 7.89. The Bertz CT molecular complexity index is 1170. The number of hydrogen-bond donors (Lipinski definition) is 0. The molecule has 1 aromatic carbocycles. The van der Waals surface area contributed by atoms with Gasteiger partial charge in [-0.05, 0) is 42.0 Å².